The van der Waals surface area contributed by atoms with Gasteiger partial charge in [0.15, 0.2) is 0 Å². The second-order valence-electron chi connectivity index (χ2n) is 7.51. The highest BCUT2D eigenvalue weighted by atomic mass is 16.2. The summed E-state index contributed by atoms with van der Waals surface area (Å²) in [5, 5.41) is 3.00. The fourth-order valence-corrected chi connectivity index (χ4v) is 3.72. The van der Waals surface area contributed by atoms with E-state index in [4.69, 9.17) is 0 Å². The Morgan fingerprint density at radius 1 is 1.07 bits per heavy atom. The van der Waals surface area contributed by atoms with Crippen LogP contribution in [-0.4, -0.2) is 29.8 Å². The summed E-state index contributed by atoms with van der Waals surface area (Å²) in [6.07, 6.45) is 2.64. The molecule has 1 heterocycles. The Morgan fingerprint density at radius 3 is 2.37 bits per heavy atom. The van der Waals surface area contributed by atoms with E-state index in [1.807, 2.05) is 55.1 Å². The lowest BCUT2D eigenvalue weighted by Crippen LogP contribution is -2.43. The van der Waals surface area contributed by atoms with Crippen LogP contribution in [0.1, 0.15) is 46.8 Å². The smallest absolute Gasteiger partial charge is 0.253 e. The summed E-state index contributed by atoms with van der Waals surface area (Å²) in [6, 6.07) is 13.9. The van der Waals surface area contributed by atoms with Gasteiger partial charge in [-0.05, 0) is 62.9 Å². The number of hydrogen-bond donors (Lipinski definition) is 1. The molecule has 0 bridgehead atoms. The van der Waals surface area contributed by atoms with Crippen LogP contribution < -0.4 is 5.32 Å². The summed E-state index contributed by atoms with van der Waals surface area (Å²) in [6.45, 7) is 7.29. The Labute approximate surface area is 161 Å². The first-order valence-electron chi connectivity index (χ1n) is 9.73. The van der Waals surface area contributed by atoms with E-state index in [0.717, 1.165) is 36.1 Å². The minimum absolute atomic E-state index is 0.00262. The number of carbonyl (C=O) groups excluding carboxylic acids is 2. The van der Waals surface area contributed by atoms with Gasteiger partial charge in [0.25, 0.3) is 5.91 Å². The standard InChI is InChI=1S/C23H28N2O2/c1-4-18-7-9-21(10-8-18)24-22(26)19-6-5-11-25(15-19)23(27)20-13-16(2)12-17(3)14-20/h7-10,12-14,19H,4-6,11,15H2,1-3H3,(H,24,26)/t19-/m1/s1. The molecule has 1 atom stereocenters. The van der Waals surface area contributed by atoms with Crippen molar-refractivity contribution in [3.8, 4) is 0 Å². The van der Waals surface area contributed by atoms with Gasteiger partial charge < -0.3 is 10.2 Å². The largest absolute Gasteiger partial charge is 0.338 e. The first-order chi connectivity index (χ1) is 13.0. The van der Waals surface area contributed by atoms with Gasteiger partial charge in [0.1, 0.15) is 0 Å². The molecule has 0 aliphatic carbocycles. The van der Waals surface area contributed by atoms with E-state index in [9.17, 15) is 9.59 Å². The summed E-state index contributed by atoms with van der Waals surface area (Å²) in [4.78, 5) is 27.4. The van der Waals surface area contributed by atoms with Crippen molar-refractivity contribution in [3.63, 3.8) is 0 Å². The number of nitrogens with zero attached hydrogens (tertiary/aromatic N) is 1. The van der Waals surface area contributed by atoms with Gasteiger partial charge in [-0.1, -0.05) is 36.2 Å². The molecule has 0 spiro atoms. The van der Waals surface area contributed by atoms with Gasteiger partial charge in [-0.25, -0.2) is 0 Å². The zero-order valence-electron chi connectivity index (χ0n) is 16.4. The SMILES string of the molecule is CCc1ccc(NC(=O)[C@@H]2CCCN(C(=O)c3cc(C)cc(C)c3)C2)cc1. The Hall–Kier alpha value is -2.62. The van der Waals surface area contributed by atoms with Crippen molar-refractivity contribution in [2.45, 2.75) is 40.0 Å². The third-order valence-corrected chi connectivity index (χ3v) is 5.18. The first-order valence-corrected chi connectivity index (χ1v) is 9.73. The molecule has 1 aliphatic rings. The number of hydrogen-bond acceptors (Lipinski definition) is 2. The van der Waals surface area contributed by atoms with Crippen molar-refractivity contribution >= 4 is 17.5 Å². The molecular formula is C23H28N2O2. The van der Waals surface area contributed by atoms with E-state index in [1.165, 1.54) is 5.56 Å². The molecule has 1 saturated heterocycles. The van der Waals surface area contributed by atoms with Gasteiger partial charge in [0.2, 0.25) is 5.91 Å². The summed E-state index contributed by atoms with van der Waals surface area (Å²) in [5.41, 5.74) is 4.94. The fourth-order valence-electron chi connectivity index (χ4n) is 3.72. The van der Waals surface area contributed by atoms with Crippen LogP contribution >= 0.6 is 0 Å². The van der Waals surface area contributed by atoms with Crippen LogP contribution in [0.5, 0.6) is 0 Å². The molecule has 1 N–H and O–H groups in total. The van der Waals surface area contributed by atoms with Gasteiger partial charge in [-0.15, -0.1) is 0 Å². The second kappa shape index (κ2) is 8.38. The number of amides is 2. The van der Waals surface area contributed by atoms with Crippen molar-refractivity contribution in [2.24, 2.45) is 5.92 Å². The van der Waals surface area contributed by atoms with Crippen molar-refractivity contribution in [1.29, 1.82) is 0 Å². The molecule has 2 aromatic rings. The molecule has 2 amide bonds. The molecule has 142 valence electrons. The Bertz CT molecular complexity index is 807. The Balaban J connectivity index is 1.65. The molecule has 1 aliphatic heterocycles. The molecule has 0 radical (unpaired) electrons. The number of aryl methyl sites for hydroxylation is 3. The Kier molecular flexibility index (Phi) is 5.94. The zero-order valence-corrected chi connectivity index (χ0v) is 16.4. The van der Waals surface area contributed by atoms with E-state index in [2.05, 4.69) is 18.3 Å². The number of anilines is 1. The molecule has 0 aromatic heterocycles. The molecule has 4 nitrogen and oxygen atoms in total. The summed E-state index contributed by atoms with van der Waals surface area (Å²) >= 11 is 0. The lowest BCUT2D eigenvalue weighted by Gasteiger charge is -2.32. The predicted octanol–water partition coefficient (Wildman–Crippen LogP) is 4.36. The average Bonchev–Trinajstić information content (AvgIpc) is 2.67. The highest BCUT2D eigenvalue weighted by Gasteiger charge is 2.29. The lowest BCUT2D eigenvalue weighted by atomic mass is 9.96. The van der Waals surface area contributed by atoms with Crippen molar-refractivity contribution in [2.75, 3.05) is 18.4 Å². The number of carbonyl (C=O) groups is 2. The van der Waals surface area contributed by atoms with Crippen LogP contribution in [0.15, 0.2) is 42.5 Å². The van der Waals surface area contributed by atoms with Gasteiger partial charge in [0, 0.05) is 24.3 Å². The first kappa shape index (κ1) is 19.2. The molecule has 0 unspecified atom stereocenters. The van der Waals surface area contributed by atoms with Crippen molar-refractivity contribution in [3.05, 3.63) is 64.7 Å². The molecule has 27 heavy (non-hydrogen) atoms. The highest BCUT2D eigenvalue weighted by Crippen LogP contribution is 2.21. The lowest BCUT2D eigenvalue weighted by molar-refractivity contribution is -0.121. The molecule has 4 heteroatoms. The number of piperidine rings is 1. The summed E-state index contributed by atoms with van der Waals surface area (Å²) in [5.74, 6) is -0.150. The predicted molar refractivity (Wildman–Crippen MR) is 109 cm³/mol. The van der Waals surface area contributed by atoms with Crippen LogP contribution in [0.3, 0.4) is 0 Å². The van der Waals surface area contributed by atoms with Crippen molar-refractivity contribution in [1.82, 2.24) is 4.90 Å². The maximum Gasteiger partial charge on any atom is 0.253 e. The summed E-state index contributed by atoms with van der Waals surface area (Å²) < 4.78 is 0. The topological polar surface area (TPSA) is 49.4 Å². The maximum absolute atomic E-state index is 12.9. The molecule has 1 fully saturated rings. The van der Waals surface area contributed by atoms with E-state index >= 15 is 0 Å². The number of benzene rings is 2. The highest BCUT2D eigenvalue weighted by molar-refractivity contribution is 5.96. The zero-order chi connectivity index (χ0) is 19.4. The van der Waals surface area contributed by atoms with Gasteiger partial charge in [0.05, 0.1) is 5.92 Å². The quantitative estimate of drug-likeness (QED) is 0.876. The molecular weight excluding hydrogens is 336 g/mol. The normalized spacial score (nSPS) is 16.9. The van der Waals surface area contributed by atoms with E-state index in [0.29, 0.717) is 18.7 Å². The van der Waals surface area contributed by atoms with E-state index < -0.39 is 0 Å². The van der Waals surface area contributed by atoms with Crippen molar-refractivity contribution < 1.29 is 9.59 Å². The van der Waals surface area contributed by atoms with Crippen LogP contribution in [0.2, 0.25) is 0 Å². The summed E-state index contributed by atoms with van der Waals surface area (Å²) in [7, 11) is 0. The van der Waals surface area contributed by atoms with Gasteiger partial charge in [-0.2, -0.15) is 0 Å². The third kappa shape index (κ3) is 4.76. The van der Waals surface area contributed by atoms with Gasteiger partial charge in [-0.3, -0.25) is 9.59 Å². The number of likely N-dealkylation sites (tertiary alicyclic amines) is 1. The number of nitrogens with one attached hydrogen (secondary N) is 1. The van der Waals surface area contributed by atoms with Crippen LogP contribution in [0, 0.1) is 19.8 Å². The van der Waals surface area contributed by atoms with Crippen LogP contribution in [0.4, 0.5) is 5.69 Å². The van der Waals surface area contributed by atoms with Crippen LogP contribution in [-0.2, 0) is 11.2 Å². The second-order valence-corrected chi connectivity index (χ2v) is 7.51. The fraction of sp³-hybridized carbons (Fsp3) is 0.391. The minimum Gasteiger partial charge on any atom is -0.338 e. The molecule has 0 saturated carbocycles. The molecule has 3 rings (SSSR count). The van der Waals surface area contributed by atoms with Gasteiger partial charge >= 0.3 is 0 Å². The van der Waals surface area contributed by atoms with E-state index in [1.54, 1.807) is 0 Å². The maximum atomic E-state index is 12.9. The Morgan fingerprint density at radius 2 is 1.74 bits per heavy atom. The van der Waals surface area contributed by atoms with E-state index in [-0.39, 0.29) is 17.7 Å². The average molecular weight is 364 g/mol. The monoisotopic (exact) mass is 364 g/mol. The third-order valence-electron chi connectivity index (χ3n) is 5.18. The van der Waals surface area contributed by atoms with Crippen LogP contribution in [0.25, 0.3) is 0 Å². The minimum atomic E-state index is -0.167. The molecule has 2 aromatic carbocycles. The number of rotatable bonds is 4.